The van der Waals surface area contributed by atoms with Crippen LogP contribution in [-0.4, -0.2) is 40.5 Å². The van der Waals surface area contributed by atoms with Crippen LogP contribution >= 0.6 is 11.6 Å². The average molecular weight is 499 g/mol. The number of halogens is 2. The molecule has 2 unspecified atom stereocenters. The van der Waals surface area contributed by atoms with Crippen molar-refractivity contribution in [1.82, 2.24) is 15.3 Å². The van der Waals surface area contributed by atoms with E-state index in [1.165, 1.54) is 18.3 Å². The standard InChI is InChI=1S/C26H28ClFN4O3/c1-15(2)19-13-30-21(18-10-17(27)7-8-20(18)28)11-22(19)32-25-23(14-34-26(3,4)35-25)31-24(33)16-6-5-9-29-12-16/h5-13,15,23,25H,14H2,1-4H3,(H,30,32)(H,31,33). The van der Waals surface area contributed by atoms with E-state index in [1.807, 2.05) is 27.7 Å². The van der Waals surface area contributed by atoms with Crippen molar-refractivity contribution >= 4 is 23.2 Å². The fourth-order valence-electron chi connectivity index (χ4n) is 3.84. The number of anilines is 1. The van der Waals surface area contributed by atoms with Gasteiger partial charge in [0.25, 0.3) is 5.91 Å². The third-order valence-corrected chi connectivity index (χ3v) is 5.92. The second kappa shape index (κ2) is 10.3. The Kier molecular flexibility index (Phi) is 7.35. The summed E-state index contributed by atoms with van der Waals surface area (Å²) in [6.07, 6.45) is 4.19. The van der Waals surface area contributed by atoms with Crippen LogP contribution in [0.5, 0.6) is 0 Å². The van der Waals surface area contributed by atoms with Gasteiger partial charge in [-0.3, -0.25) is 14.8 Å². The van der Waals surface area contributed by atoms with E-state index in [2.05, 4.69) is 20.6 Å². The van der Waals surface area contributed by atoms with Gasteiger partial charge in [-0.1, -0.05) is 25.4 Å². The van der Waals surface area contributed by atoms with Crippen molar-refractivity contribution < 1.29 is 18.7 Å². The van der Waals surface area contributed by atoms with Gasteiger partial charge in [-0.05, 0) is 61.7 Å². The van der Waals surface area contributed by atoms with Gasteiger partial charge in [0.15, 0.2) is 12.0 Å². The molecule has 1 aromatic carbocycles. The molecule has 2 N–H and O–H groups in total. The second-order valence-electron chi connectivity index (χ2n) is 9.15. The molecule has 1 aliphatic rings. The number of rotatable bonds is 6. The smallest absolute Gasteiger partial charge is 0.253 e. The summed E-state index contributed by atoms with van der Waals surface area (Å²) in [6.45, 7) is 7.93. The van der Waals surface area contributed by atoms with Crippen LogP contribution in [0.4, 0.5) is 10.1 Å². The summed E-state index contributed by atoms with van der Waals surface area (Å²) >= 11 is 6.10. The van der Waals surface area contributed by atoms with Crippen molar-refractivity contribution in [1.29, 1.82) is 0 Å². The number of carbonyl (C=O) groups is 1. The predicted octanol–water partition coefficient (Wildman–Crippen LogP) is 5.38. The van der Waals surface area contributed by atoms with E-state index < -0.39 is 23.9 Å². The molecule has 0 bridgehead atoms. The highest BCUT2D eigenvalue weighted by molar-refractivity contribution is 6.30. The highest BCUT2D eigenvalue weighted by Crippen LogP contribution is 2.33. The van der Waals surface area contributed by atoms with E-state index in [1.54, 1.807) is 36.7 Å². The molecule has 2 atom stereocenters. The Morgan fingerprint density at radius 3 is 2.74 bits per heavy atom. The zero-order chi connectivity index (χ0) is 25.2. The molecule has 9 heteroatoms. The first-order valence-electron chi connectivity index (χ1n) is 11.4. The van der Waals surface area contributed by atoms with Crippen LogP contribution in [0.1, 0.15) is 49.5 Å². The van der Waals surface area contributed by atoms with Crippen LogP contribution < -0.4 is 10.6 Å². The van der Waals surface area contributed by atoms with Crippen molar-refractivity contribution in [3.8, 4) is 11.3 Å². The van der Waals surface area contributed by atoms with E-state index >= 15 is 0 Å². The number of carbonyl (C=O) groups excluding carboxylic acids is 1. The molecule has 1 amide bonds. The molecular formula is C26H28ClFN4O3. The molecular weight excluding hydrogens is 471 g/mol. The Labute approximate surface area is 209 Å². The summed E-state index contributed by atoms with van der Waals surface area (Å²) in [4.78, 5) is 21.3. The van der Waals surface area contributed by atoms with Crippen LogP contribution in [0.2, 0.25) is 5.02 Å². The topological polar surface area (TPSA) is 85.4 Å². The van der Waals surface area contributed by atoms with Crippen LogP contribution in [0.3, 0.4) is 0 Å². The van der Waals surface area contributed by atoms with Crippen LogP contribution in [0.25, 0.3) is 11.3 Å². The van der Waals surface area contributed by atoms with Crippen molar-refractivity contribution in [3.05, 3.63) is 77.0 Å². The number of nitrogens with one attached hydrogen (secondary N) is 2. The Balaban J connectivity index is 1.66. The molecule has 0 spiro atoms. The van der Waals surface area contributed by atoms with Crippen LogP contribution in [0.15, 0.2) is 55.0 Å². The fraction of sp³-hybridized carbons (Fsp3) is 0.346. The van der Waals surface area contributed by atoms with Gasteiger partial charge in [-0.15, -0.1) is 0 Å². The average Bonchev–Trinajstić information content (AvgIpc) is 2.82. The number of aromatic nitrogens is 2. The molecule has 4 rings (SSSR count). The highest BCUT2D eigenvalue weighted by Gasteiger charge is 2.38. The minimum Gasteiger partial charge on any atom is -0.358 e. The normalized spacial score (nSPS) is 19.4. The molecule has 1 saturated heterocycles. The molecule has 7 nitrogen and oxygen atoms in total. The molecule has 3 aromatic rings. The minimum absolute atomic E-state index is 0.125. The lowest BCUT2D eigenvalue weighted by Crippen LogP contribution is -2.58. The number of hydrogen-bond donors (Lipinski definition) is 2. The Bertz CT molecular complexity index is 1210. The number of benzene rings is 1. The molecule has 1 aliphatic heterocycles. The number of pyridine rings is 2. The molecule has 3 heterocycles. The summed E-state index contributed by atoms with van der Waals surface area (Å²) in [6, 6.07) is 9.01. The van der Waals surface area contributed by atoms with E-state index in [9.17, 15) is 9.18 Å². The maximum atomic E-state index is 14.6. The molecule has 184 valence electrons. The Morgan fingerprint density at radius 2 is 2.03 bits per heavy atom. The Hall–Kier alpha value is -3.07. The van der Waals surface area contributed by atoms with E-state index in [0.717, 1.165) is 5.56 Å². The number of amides is 1. The van der Waals surface area contributed by atoms with Gasteiger partial charge in [0.05, 0.1) is 23.9 Å². The lowest BCUT2D eigenvalue weighted by Gasteiger charge is -2.42. The molecule has 1 fully saturated rings. The summed E-state index contributed by atoms with van der Waals surface area (Å²) in [7, 11) is 0. The summed E-state index contributed by atoms with van der Waals surface area (Å²) in [5, 5.41) is 6.80. The third kappa shape index (κ3) is 5.96. The van der Waals surface area contributed by atoms with Crippen molar-refractivity contribution in [2.45, 2.75) is 51.7 Å². The highest BCUT2D eigenvalue weighted by atomic mass is 35.5. The SMILES string of the molecule is CC(C)c1cnc(-c2cc(Cl)ccc2F)cc1NC1OC(C)(C)OCC1NC(=O)c1cccnc1. The number of ether oxygens (including phenoxy) is 2. The molecule has 2 aromatic heterocycles. The first-order valence-corrected chi connectivity index (χ1v) is 11.8. The van der Waals surface area contributed by atoms with Gasteiger partial charge < -0.3 is 20.1 Å². The van der Waals surface area contributed by atoms with Crippen molar-refractivity contribution in [2.24, 2.45) is 0 Å². The summed E-state index contributed by atoms with van der Waals surface area (Å²) < 4.78 is 26.5. The lowest BCUT2D eigenvalue weighted by atomic mass is 10.0. The predicted molar refractivity (Wildman–Crippen MR) is 133 cm³/mol. The van der Waals surface area contributed by atoms with Gasteiger partial charge >= 0.3 is 0 Å². The van der Waals surface area contributed by atoms with Gasteiger partial charge in [0, 0.05) is 34.9 Å². The van der Waals surface area contributed by atoms with E-state index in [0.29, 0.717) is 27.5 Å². The number of hydrogen-bond acceptors (Lipinski definition) is 6. The van der Waals surface area contributed by atoms with Gasteiger partial charge in [-0.25, -0.2) is 4.39 Å². The van der Waals surface area contributed by atoms with Crippen LogP contribution in [-0.2, 0) is 9.47 Å². The molecule has 0 radical (unpaired) electrons. The monoisotopic (exact) mass is 498 g/mol. The maximum absolute atomic E-state index is 14.6. The van der Waals surface area contributed by atoms with Crippen molar-refractivity contribution in [3.63, 3.8) is 0 Å². The first-order chi connectivity index (χ1) is 16.6. The third-order valence-electron chi connectivity index (χ3n) is 5.69. The van der Waals surface area contributed by atoms with Gasteiger partial charge in [0.1, 0.15) is 5.82 Å². The largest absolute Gasteiger partial charge is 0.358 e. The van der Waals surface area contributed by atoms with E-state index in [-0.39, 0.29) is 18.4 Å². The van der Waals surface area contributed by atoms with E-state index in [4.69, 9.17) is 21.1 Å². The minimum atomic E-state index is -0.875. The lowest BCUT2D eigenvalue weighted by molar-refractivity contribution is -0.275. The molecule has 35 heavy (non-hydrogen) atoms. The van der Waals surface area contributed by atoms with Crippen LogP contribution in [0, 0.1) is 5.82 Å². The van der Waals surface area contributed by atoms with Gasteiger partial charge in [0.2, 0.25) is 0 Å². The zero-order valence-corrected chi connectivity index (χ0v) is 20.8. The van der Waals surface area contributed by atoms with Crippen molar-refractivity contribution in [2.75, 3.05) is 11.9 Å². The van der Waals surface area contributed by atoms with Gasteiger partial charge in [-0.2, -0.15) is 0 Å². The second-order valence-corrected chi connectivity index (χ2v) is 9.59. The summed E-state index contributed by atoms with van der Waals surface area (Å²) in [5.41, 5.74) is 2.79. The number of nitrogens with zero attached hydrogens (tertiary/aromatic N) is 2. The zero-order valence-electron chi connectivity index (χ0n) is 20.0. The molecule has 0 saturated carbocycles. The maximum Gasteiger partial charge on any atom is 0.253 e. The summed E-state index contributed by atoms with van der Waals surface area (Å²) in [5.74, 6) is -1.46. The first kappa shape index (κ1) is 25.0. The molecule has 0 aliphatic carbocycles. The Morgan fingerprint density at radius 1 is 1.23 bits per heavy atom. The quantitative estimate of drug-likeness (QED) is 0.474. The fourth-order valence-corrected chi connectivity index (χ4v) is 4.01.